The van der Waals surface area contributed by atoms with Gasteiger partial charge in [-0.1, -0.05) is 12.1 Å². The minimum atomic E-state index is 0.801. The van der Waals surface area contributed by atoms with Gasteiger partial charge in [0.15, 0.2) is 0 Å². The molecular formula is C17H16BrN. The van der Waals surface area contributed by atoms with Gasteiger partial charge in [-0.25, -0.2) is 0 Å². The Kier molecular flexibility index (Phi) is 2.73. The monoisotopic (exact) mass is 313 g/mol. The van der Waals surface area contributed by atoms with E-state index in [2.05, 4.69) is 51.2 Å². The summed E-state index contributed by atoms with van der Waals surface area (Å²) >= 11 is 3.44. The molecule has 0 N–H and O–H groups in total. The molecule has 5 rings (SSSR count). The Hall–Kier alpha value is -1.15. The van der Waals surface area contributed by atoms with Gasteiger partial charge >= 0.3 is 0 Å². The standard InChI is InChI=1S/C17H16BrN/c18-14-6-8-17(19-10-14)13-5-7-15-11-1-3-12(4-2-11)16(15)9-13/h5-12H,1-4H2. The molecule has 0 saturated heterocycles. The number of nitrogens with zero attached hydrogens (tertiary/aromatic N) is 1. The molecule has 3 aliphatic rings. The molecule has 1 aromatic carbocycles. The molecule has 0 spiro atoms. The molecule has 1 saturated carbocycles. The van der Waals surface area contributed by atoms with Gasteiger partial charge in [0, 0.05) is 16.2 Å². The van der Waals surface area contributed by atoms with E-state index < -0.39 is 0 Å². The predicted octanol–water partition coefficient (Wildman–Crippen LogP) is 5.27. The zero-order valence-electron chi connectivity index (χ0n) is 10.8. The first kappa shape index (κ1) is 11.7. The average Bonchev–Trinajstić information content (AvgIpc) is 2.49. The van der Waals surface area contributed by atoms with Crippen molar-refractivity contribution >= 4 is 15.9 Å². The molecule has 0 radical (unpaired) electrons. The number of fused-ring (bicyclic) bond motifs is 2. The van der Waals surface area contributed by atoms with E-state index >= 15 is 0 Å². The minimum Gasteiger partial charge on any atom is -0.255 e. The van der Waals surface area contributed by atoms with Crippen LogP contribution in [0.2, 0.25) is 0 Å². The lowest BCUT2D eigenvalue weighted by Crippen LogP contribution is -2.21. The van der Waals surface area contributed by atoms with E-state index in [9.17, 15) is 0 Å². The summed E-state index contributed by atoms with van der Waals surface area (Å²) in [6, 6.07) is 11.1. The zero-order valence-corrected chi connectivity index (χ0v) is 12.4. The first-order valence-corrected chi connectivity index (χ1v) is 7.86. The van der Waals surface area contributed by atoms with Crippen molar-refractivity contribution in [2.75, 3.05) is 0 Å². The maximum atomic E-state index is 4.51. The van der Waals surface area contributed by atoms with Crippen LogP contribution in [0.15, 0.2) is 41.0 Å². The molecule has 2 aromatic rings. The van der Waals surface area contributed by atoms with Gasteiger partial charge in [-0.15, -0.1) is 0 Å². The molecule has 0 atom stereocenters. The third kappa shape index (κ3) is 1.93. The molecule has 96 valence electrons. The Morgan fingerprint density at radius 2 is 1.63 bits per heavy atom. The predicted molar refractivity (Wildman–Crippen MR) is 81.3 cm³/mol. The quantitative estimate of drug-likeness (QED) is 0.699. The Balaban J connectivity index is 1.79. The van der Waals surface area contributed by atoms with Crippen LogP contribution in [0.25, 0.3) is 11.3 Å². The van der Waals surface area contributed by atoms with Crippen molar-refractivity contribution in [2.24, 2.45) is 0 Å². The lowest BCUT2D eigenvalue weighted by molar-refractivity contribution is 0.359. The molecule has 1 heterocycles. The third-order valence-corrected chi connectivity index (χ3v) is 5.19. The number of hydrogen-bond acceptors (Lipinski definition) is 1. The van der Waals surface area contributed by atoms with Crippen LogP contribution in [-0.2, 0) is 0 Å². The van der Waals surface area contributed by atoms with Crippen molar-refractivity contribution < 1.29 is 0 Å². The first-order chi connectivity index (χ1) is 9.31. The van der Waals surface area contributed by atoms with Crippen LogP contribution in [0.5, 0.6) is 0 Å². The number of halogens is 1. The molecule has 3 aliphatic carbocycles. The second-order valence-corrected chi connectivity index (χ2v) is 6.67. The molecule has 0 aliphatic heterocycles. The Morgan fingerprint density at radius 3 is 2.32 bits per heavy atom. The van der Waals surface area contributed by atoms with Crippen LogP contribution in [0.3, 0.4) is 0 Å². The van der Waals surface area contributed by atoms with Gasteiger partial charge in [0.25, 0.3) is 0 Å². The van der Waals surface area contributed by atoms with Crippen molar-refractivity contribution in [3.05, 3.63) is 52.1 Å². The number of hydrogen-bond donors (Lipinski definition) is 0. The van der Waals surface area contributed by atoms with Gasteiger partial charge in [0.2, 0.25) is 0 Å². The van der Waals surface area contributed by atoms with Gasteiger partial charge in [0.1, 0.15) is 0 Å². The van der Waals surface area contributed by atoms with E-state index in [1.165, 1.54) is 31.2 Å². The minimum absolute atomic E-state index is 0.801. The van der Waals surface area contributed by atoms with Gasteiger partial charge < -0.3 is 0 Å². The lowest BCUT2D eigenvalue weighted by atomic mass is 9.67. The molecule has 19 heavy (non-hydrogen) atoms. The summed E-state index contributed by atoms with van der Waals surface area (Å²) in [7, 11) is 0. The fraction of sp³-hybridized carbons (Fsp3) is 0.353. The van der Waals surface area contributed by atoms with Crippen molar-refractivity contribution in [3.63, 3.8) is 0 Å². The fourth-order valence-electron chi connectivity index (χ4n) is 3.72. The highest BCUT2D eigenvalue weighted by molar-refractivity contribution is 9.10. The van der Waals surface area contributed by atoms with Crippen LogP contribution in [0.1, 0.15) is 48.6 Å². The molecule has 0 unspecified atom stereocenters. The summed E-state index contributed by atoms with van der Waals surface area (Å²) in [4.78, 5) is 4.51. The summed E-state index contributed by atoms with van der Waals surface area (Å²) in [6.45, 7) is 0. The van der Waals surface area contributed by atoms with Gasteiger partial charge in [-0.2, -0.15) is 0 Å². The Bertz CT molecular complexity index is 610. The molecule has 2 heteroatoms. The van der Waals surface area contributed by atoms with Crippen LogP contribution in [0, 0.1) is 0 Å². The molecule has 2 bridgehead atoms. The summed E-state index contributed by atoms with van der Waals surface area (Å²) in [5.41, 5.74) is 5.55. The lowest BCUT2D eigenvalue weighted by Gasteiger charge is -2.38. The van der Waals surface area contributed by atoms with E-state index in [0.717, 1.165) is 22.0 Å². The smallest absolute Gasteiger partial charge is 0.0702 e. The highest BCUT2D eigenvalue weighted by Gasteiger charge is 2.32. The number of rotatable bonds is 1. The molecule has 1 fully saturated rings. The maximum absolute atomic E-state index is 4.51. The number of pyridine rings is 1. The molecule has 1 nitrogen and oxygen atoms in total. The molecular weight excluding hydrogens is 298 g/mol. The number of benzene rings is 1. The Labute approximate surface area is 122 Å². The van der Waals surface area contributed by atoms with Crippen LogP contribution >= 0.6 is 15.9 Å². The van der Waals surface area contributed by atoms with Crippen LogP contribution in [0.4, 0.5) is 0 Å². The highest BCUT2D eigenvalue weighted by Crippen LogP contribution is 2.49. The molecule has 0 amide bonds. The summed E-state index contributed by atoms with van der Waals surface area (Å²) < 4.78 is 1.04. The van der Waals surface area contributed by atoms with Crippen molar-refractivity contribution in [1.29, 1.82) is 0 Å². The van der Waals surface area contributed by atoms with Gasteiger partial charge in [0.05, 0.1) is 5.69 Å². The van der Waals surface area contributed by atoms with Crippen molar-refractivity contribution in [3.8, 4) is 11.3 Å². The Morgan fingerprint density at radius 1 is 0.895 bits per heavy atom. The average molecular weight is 314 g/mol. The van der Waals surface area contributed by atoms with Crippen LogP contribution in [-0.4, -0.2) is 4.98 Å². The highest BCUT2D eigenvalue weighted by atomic mass is 79.9. The number of aromatic nitrogens is 1. The second kappa shape index (κ2) is 4.45. The SMILES string of the molecule is Brc1ccc(-c2ccc3c(c2)C2CCC3CC2)nc1. The normalized spacial score (nSPS) is 24.3. The van der Waals surface area contributed by atoms with E-state index in [0.29, 0.717) is 0 Å². The fourth-order valence-corrected chi connectivity index (χ4v) is 3.96. The third-order valence-electron chi connectivity index (χ3n) is 4.72. The zero-order chi connectivity index (χ0) is 12.8. The topological polar surface area (TPSA) is 12.9 Å². The first-order valence-electron chi connectivity index (χ1n) is 7.07. The summed E-state index contributed by atoms with van der Waals surface area (Å²) in [5.74, 6) is 1.63. The van der Waals surface area contributed by atoms with Crippen molar-refractivity contribution in [1.82, 2.24) is 4.98 Å². The van der Waals surface area contributed by atoms with E-state index in [4.69, 9.17) is 0 Å². The van der Waals surface area contributed by atoms with Gasteiger partial charge in [-0.05, 0) is 82.8 Å². The largest absolute Gasteiger partial charge is 0.255 e. The van der Waals surface area contributed by atoms with E-state index in [-0.39, 0.29) is 0 Å². The van der Waals surface area contributed by atoms with Crippen LogP contribution < -0.4 is 0 Å². The maximum Gasteiger partial charge on any atom is 0.0702 e. The summed E-state index contributed by atoms with van der Waals surface area (Å²) in [5, 5.41) is 0. The second-order valence-electron chi connectivity index (χ2n) is 5.75. The van der Waals surface area contributed by atoms with Crippen molar-refractivity contribution in [2.45, 2.75) is 37.5 Å². The van der Waals surface area contributed by atoms with E-state index in [1.54, 1.807) is 11.1 Å². The molecule has 1 aromatic heterocycles. The summed E-state index contributed by atoms with van der Waals surface area (Å²) in [6.07, 6.45) is 7.44. The van der Waals surface area contributed by atoms with E-state index in [1.807, 2.05) is 6.20 Å². The van der Waals surface area contributed by atoms with Gasteiger partial charge in [-0.3, -0.25) is 4.98 Å².